The van der Waals surface area contributed by atoms with Crippen LogP contribution in [0.5, 0.6) is 5.75 Å². The maximum Gasteiger partial charge on any atom is 0.333 e. The van der Waals surface area contributed by atoms with E-state index in [2.05, 4.69) is 10.2 Å². The van der Waals surface area contributed by atoms with Gasteiger partial charge in [-0.1, -0.05) is 6.92 Å². The smallest absolute Gasteiger partial charge is 0.333 e. The topological polar surface area (TPSA) is 77.3 Å². The highest BCUT2D eigenvalue weighted by molar-refractivity contribution is 5.76. The van der Waals surface area contributed by atoms with Gasteiger partial charge in [-0.3, -0.25) is 0 Å². The first-order valence-corrected chi connectivity index (χ1v) is 6.77. The van der Waals surface area contributed by atoms with Crippen molar-refractivity contribution in [2.24, 2.45) is 16.1 Å². The number of hydrogen-bond donors (Lipinski definition) is 0. The first-order valence-electron chi connectivity index (χ1n) is 6.77. The summed E-state index contributed by atoms with van der Waals surface area (Å²) in [5.41, 5.74) is 0.600. The van der Waals surface area contributed by atoms with Crippen molar-refractivity contribution >= 4 is 17.9 Å². The van der Waals surface area contributed by atoms with Gasteiger partial charge in [0.25, 0.3) is 0 Å². The van der Waals surface area contributed by atoms with Gasteiger partial charge in [0.05, 0.1) is 19.4 Å². The first kappa shape index (κ1) is 16.8. The second-order valence-corrected chi connectivity index (χ2v) is 4.49. The molecule has 2 atom stereocenters. The molecule has 21 heavy (non-hydrogen) atoms. The molecule has 1 rings (SSSR count). The van der Waals surface area contributed by atoms with Gasteiger partial charge in [0, 0.05) is 6.42 Å². The van der Waals surface area contributed by atoms with Gasteiger partial charge >= 0.3 is 5.97 Å². The van der Waals surface area contributed by atoms with Gasteiger partial charge in [0.1, 0.15) is 12.0 Å². The Bertz CT molecular complexity index is 485. The van der Waals surface area contributed by atoms with E-state index in [0.29, 0.717) is 11.4 Å². The molecule has 1 unspecified atom stereocenters. The summed E-state index contributed by atoms with van der Waals surface area (Å²) < 4.78 is 10.0. The number of methoxy groups -OCH3 is 1. The van der Waals surface area contributed by atoms with E-state index in [-0.39, 0.29) is 18.9 Å². The molecule has 0 spiro atoms. The fourth-order valence-electron chi connectivity index (χ4n) is 1.68. The predicted molar refractivity (Wildman–Crippen MR) is 77.8 cm³/mol. The highest BCUT2D eigenvalue weighted by Gasteiger charge is 2.26. The van der Waals surface area contributed by atoms with Crippen molar-refractivity contribution in [3.8, 4) is 5.75 Å². The van der Waals surface area contributed by atoms with Gasteiger partial charge in [-0.05, 0) is 37.1 Å². The molecule has 0 fully saturated rings. The van der Waals surface area contributed by atoms with Crippen LogP contribution >= 0.6 is 0 Å². The molecule has 6 heteroatoms. The van der Waals surface area contributed by atoms with Gasteiger partial charge in [0.2, 0.25) is 0 Å². The van der Waals surface area contributed by atoms with Gasteiger partial charge in [-0.25, -0.2) is 4.79 Å². The monoisotopic (exact) mass is 292 g/mol. The Labute approximate surface area is 124 Å². The second-order valence-electron chi connectivity index (χ2n) is 4.49. The van der Waals surface area contributed by atoms with E-state index in [1.807, 2.05) is 0 Å². The molecule has 0 heterocycles. The molecular formula is C15H20N2O4. The third-order valence-corrected chi connectivity index (χ3v) is 2.91. The number of nitrogens with zero attached hydrogens (tertiary/aromatic N) is 2. The molecule has 0 aliphatic carbocycles. The SMILES string of the molecule is CCOC(=O)C(N=Nc1ccc(OC)cc1)[C@H](C)CC=O. The maximum absolute atomic E-state index is 11.9. The van der Waals surface area contributed by atoms with Gasteiger partial charge in [0.15, 0.2) is 6.04 Å². The standard InChI is InChI=1S/C15H20N2O4/c1-4-21-15(19)14(11(2)9-10-18)17-16-12-5-7-13(20-3)8-6-12/h5-8,10-11,14H,4,9H2,1-3H3/t11-,14?/m1/s1. The minimum absolute atomic E-state index is 0.227. The molecule has 0 saturated heterocycles. The van der Waals surface area contributed by atoms with E-state index in [1.54, 1.807) is 45.2 Å². The number of esters is 1. The van der Waals surface area contributed by atoms with Crippen LogP contribution < -0.4 is 4.74 Å². The molecule has 114 valence electrons. The van der Waals surface area contributed by atoms with Crippen LogP contribution in [-0.2, 0) is 14.3 Å². The molecule has 1 aromatic carbocycles. The van der Waals surface area contributed by atoms with Crippen molar-refractivity contribution in [1.82, 2.24) is 0 Å². The summed E-state index contributed by atoms with van der Waals surface area (Å²) in [5, 5.41) is 8.08. The molecule has 0 amide bonds. The highest BCUT2D eigenvalue weighted by atomic mass is 16.5. The van der Waals surface area contributed by atoms with E-state index in [0.717, 1.165) is 6.29 Å². The number of aldehydes is 1. The van der Waals surface area contributed by atoms with Crippen LogP contribution in [0.2, 0.25) is 0 Å². The van der Waals surface area contributed by atoms with Crippen LogP contribution in [0.3, 0.4) is 0 Å². The van der Waals surface area contributed by atoms with Crippen LogP contribution in [0, 0.1) is 5.92 Å². The minimum Gasteiger partial charge on any atom is -0.497 e. The van der Waals surface area contributed by atoms with Crippen LogP contribution in [0.1, 0.15) is 20.3 Å². The molecule has 1 aromatic rings. The zero-order valence-electron chi connectivity index (χ0n) is 12.5. The first-order chi connectivity index (χ1) is 10.1. The Morgan fingerprint density at radius 1 is 1.33 bits per heavy atom. The van der Waals surface area contributed by atoms with Gasteiger partial charge in [-0.2, -0.15) is 10.2 Å². The summed E-state index contributed by atoms with van der Waals surface area (Å²) >= 11 is 0. The lowest BCUT2D eigenvalue weighted by Gasteiger charge is -2.15. The summed E-state index contributed by atoms with van der Waals surface area (Å²) in [6, 6.07) is 6.19. The minimum atomic E-state index is -0.780. The van der Waals surface area contributed by atoms with Crippen molar-refractivity contribution in [3.63, 3.8) is 0 Å². The normalized spacial score (nSPS) is 13.7. The second kappa shape index (κ2) is 8.84. The summed E-state index contributed by atoms with van der Waals surface area (Å²) in [4.78, 5) is 22.5. The fourth-order valence-corrected chi connectivity index (χ4v) is 1.68. The fraction of sp³-hybridized carbons (Fsp3) is 0.467. The molecular weight excluding hydrogens is 272 g/mol. The lowest BCUT2D eigenvalue weighted by Crippen LogP contribution is -2.28. The van der Waals surface area contributed by atoms with E-state index in [1.165, 1.54) is 0 Å². The Morgan fingerprint density at radius 3 is 2.52 bits per heavy atom. The van der Waals surface area contributed by atoms with Crippen molar-refractivity contribution in [3.05, 3.63) is 24.3 Å². The third kappa shape index (κ3) is 5.33. The van der Waals surface area contributed by atoms with Crippen LogP contribution in [0.15, 0.2) is 34.5 Å². The van der Waals surface area contributed by atoms with Crippen molar-refractivity contribution < 1.29 is 19.1 Å². The van der Waals surface area contributed by atoms with Crippen LogP contribution in [-0.4, -0.2) is 32.0 Å². The van der Waals surface area contributed by atoms with Gasteiger partial charge < -0.3 is 14.3 Å². The lowest BCUT2D eigenvalue weighted by atomic mass is 10.00. The van der Waals surface area contributed by atoms with E-state index in [9.17, 15) is 9.59 Å². The Morgan fingerprint density at radius 2 is 2.00 bits per heavy atom. The average molecular weight is 292 g/mol. The van der Waals surface area contributed by atoms with Crippen LogP contribution in [0.25, 0.3) is 0 Å². The van der Waals surface area contributed by atoms with Crippen molar-refractivity contribution in [2.45, 2.75) is 26.3 Å². The largest absolute Gasteiger partial charge is 0.497 e. The molecule has 0 aliphatic rings. The summed E-state index contributed by atoms with van der Waals surface area (Å²) in [7, 11) is 1.58. The highest BCUT2D eigenvalue weighted by Crippen LogP contribution is 2.20. The molecule has 6 nitrogen and oxygen atoms in total. The lowest BCUT2D eigenvalue weighted by molar-refractivity contribution is -0.146. The molecule has 0 aromatic heterocycles. The predicted octanol–water partition coefficient (Wildman–Crippen LogP) is 2.94. The molecule has 0 saturated carbocycles. The molecule has 0 N–H and O–H groups in total. The Hall–Kier alpha value is -2.24. The number of benzene rings is 1. The Kier molecular flexibility index (Phi) is 7.08. The van der Waals surface area contributed by atoms with Gasteiger partial charge in [-0.15, -0.1) is 0 Å². The summed E-state index contributed by atoms with van der Waals surface area (Å²) in [5.74, 6) is -0.0159. The zero-order chi connectivity index (χ0) is 15.7. The van der Waals surface area contributed by atoms with E-state index in [4.69, 9.17) is 9.47 Å². The number of azo groups is 1. The third-order valence-electron chi connectivity index (χ3n) is 2.91. The maximum atomic E-state index is 11.9. The van der Waals surface area contributed by atoms with E-state index >= 15 is 0 Å². The molecule has 0 aliphatic heterocycles. The van der Waals surface area contributed by atoms with Crippen molar-refractivity contribution in [2.75, 3.05) is 13.7 Å². The number of rotatable bonds is 8. The molecule has 0 bridgehead atoms. The zero-order valence-corrected chi connectivity index (χ0v) is 12.5. The van der Waals surface area contributed by atoms with E-state index < -0.39 is 12.0 Å². The summed E-state index contributed by atoms with van der Waals surface area (Å²) in [6.45, 7) is 3.75. The van der Waals surface area contributed by atoms with Crippen molar-refractivity contribution in [1.29, 1.82) is 0 Å². The Balaban J connectivity index is 2.84. The van der Waals surface area contributed by atoms with Crippen LogP contribution in [0.4, 0.5) is 5.69 Å². The quantitative estimate of drug-likeness (QED) is 0.419. The number of carbonyl (C=O) groups excluding carboxylic acids is 2. The number of ether oxygens (including phenoxy) is 2. The number of hydrogen-bond acceptors (Lipinski definition) is 6. The average Bonchev–Trinajstić information content (AvgIpc) is 2.48. The number of carbonyl (C=O) groups is 2. The molecule has 0 radical (unpaired) electrons. The summed E-state index contributed by atoms with van der Waals surface area (Å²) in [6.07, 6.45) is 0.991.